The van der Waals surface area contributed by atoms with Gasteiger partial charge in [0.05, 0.1) is 12.8 Å². The van der Waals surface area contributed by atoms with Crippen LogP contribution < -0.4 is 10.6 Å². The van der Waals surface area contributed by atoms with Crippen LogP contribution in [0.3, 0.4) is 0 Å². The lowest BCUT2D eigenvalue weighted by atomic mass is 10.00. The van der Waals surface area contributed by atoms with Crippen molar-refractivity contribution in [1.29, 1.82) is 0 Å². The number of rotatable bonds is 2. The average Bonchev–Trinajstić information content (AvgIpc) is 2.91. The number of carbonyl (C=O) groups is 2. The predicted molar refractivity (Wildman–Crippen MR) is 97.2 cm³/mol. The van der Waals surface area contributed by atoms with E-state index in [1.54, 1.807) is 26.8 Å². The zero-order valence-electron chi connectivity index (χ0n) is 15.7. The molecule has 2 rings (SSSR count). The van der Waals surface area contributed by atoms with Gasteiger partial charge in [0.2, 0.25) is 0 Å². The third-order valence-electron chi connectivity index (χ3n) is 4.13. The van der Waals surface area contributed by atoms with Crippen LogP contribution >= 0.6 is 0 Å². The summed E-state index contributed by atoms with van der Waals surface area (Å²) in [5.41, 5.74) is 9.31. The van der Waals surface area contributed by atoms with E-state index in [0.717, 1.165) is 16.7 Å². The highest BCUT2D eigenvalue weighted by Crippen LogP contribution is 2.38. The fourth-order valence-electron chi connectivity index (χ4n) is 2.93. The lowest BCUT2D eigenvalue weighted by Gasteiger charge is -2.28. The highest BCUT2D eigenvalue weighted by Gasteiger charge is 2.42. The van der Waals surface area contributed by atoms with E-state index >= 15 is 0 Å². The Morgan fingerprint density at radius 1 is 1.32 bits per heavy atom. The van der Waals surface area contributed by atoms with E-state index in [1.165, 1.54) is 12.0 Å². The molecule has 0 spiro atoms. The Morgan fingerprint density at radius 3 is 2.48 bits per heavy atom. The second-order valence-corrected chi connectivity index (χ2v) is 7.13. The van der Waals surface area contributed by atoms with Gasteiger partial charge >= 0.3 is 12.1 Å². The van der Waals surface area contributed by atoms with Crippen LogP contribution in [0.5, 0.6) is 0 Å². The van der Waals surface area contributed by atoms with Gasteiger partial charge in [0.15, 0.2) is 0 Å². The molecule has 0 radical (unpaired) electrons. The number of nitrogens with zero attached hydrogens (tertiary/aromatic N) is 1. The van der Waals surface area contributed by atoms with Gasteiger partial charge in [-0.25, -0.2) is 9.59 Å². The van der Waals surface area contributed by atoms with Gasteiger partial charge in [-0.05, 0) is 63.4 Å². The molecule has 136 valence electrons. The second-order valence-electron chi connectivity index (χ2n) is 7.13. The molecule has 0 unspecified atom stereocenters. The van der Waals surface area contributed by atoms with E-state index in [4.69, 9.17) is 15.2 Å². The summed E-state index contributed by atoms with van der Waals surface area (Å²) in [5, 5.41) is 0. The van der Waals surface area contributed by atoms with Crippen molar-refractivity contribution in [1.82, 2.24) is 0 Å². The maximum atomic E-state index is 12.8. The fraction of sp³-hybridized carbons (Fsp3) is 0.474. The molecule has 1 aliphatic rings. The topological polar surface area (TPSA) is 81.9 Å². The van der Waals surface area contributed by atoms with Gasteiger partial charge in [-0.15, -0.1) is 0 Å². The smallest absolute Gasteiger partial charge is 0.415 e. The van der Waals surface area contributed by atoms with Crippen molar-refractivity contribution in [3.8, 4) is 0 Å². The summed E-state index contributed by atoms with van der Waals surface area (Å²) in [4.78, 5) is 26.4. The molecule has 1 atom stereocenters. The van der Waals surface area contributed by atoms with E-state index in [9.17, 15) is 9.59 Å². The second kappa shape index (κ2) is 6.78. The van der Waals surface area contributed by atoms with Gasteiger partial charge in [0.25, 0.3) is 0 Å². The Kier molecular flexibility index (Phi) is 5.11. The Bertz CT molecular complexity index is 732. The van der Waals surface area contributed by atoms with Crippen molar-refractivity contribution in [3.63, 3.8) is 0 Å². The lowest BCUT2D eigenvalue weighted by Crippen LogP contribution is -2.45. The van der Waals surface area contributed by atoms with Gasteiger partial charge in [-0.1, -0.05) is 6.08 Å². The van der Waals surface area contributed by atoms with Crippen LogP contribution in [0.15, 0.2) is 18.2 Å². The Labute approximate surface area is 148 Å². The van der Waals surface area contributed by atoms with Crippen molar-refractivity contribution >= 4 is 23.4 Å². The van der Waals surface area contributed by atoms with Gasteiger partial charge < -0.3 is 15.2 Å². The molecule has 2 N–H and O–H groups in total. The maximum Gasteiger partial charge on any atom is 0.415 e. The number of amides is 1. The third kappa shape index (κ3) is 3.78. The molecule has 0 aromatic heterocycles. The number of methoxy groups -OCH3 is 1. The molecule has 25 heavy (non-hydrogen) atoms. The van der Waals surface area contributed by atoms with E-state index in [-0.39, 0.29) is 0 Å². The number of allylic oxidation sites excluding steroid dienone is 1. The lowest BCUT2D eigenvalue weighted by molar-refractivity contribution is -0.142. The van der Waals surface area contributed by atoms with Crippen molar-refractivity contribution in [2.75, 3.05) is 12.0 Å². The predicted octanol–water partition coefficient (Wildman–Crippen LogP) is 3.15. The zero-order chi connectivity index (χ0) is 18.9. The molecule has 0 bridgehead atoms. The van der Waals surface area contributed by atoms with Crippen LogP contribution in [-0.4, -0.2) is 30.8 Å². The molecule has 6 nitrogen and oxygen atoms in total. The third-order valence-corrected chi connectivity index (χ3v) is 4.13. The minimum Gasteiger partial charge on any atom is -0.467 e. The number of aryl methyl sites for hydroxylation is 1. The molecule has 0 saturated heterocycles. The number of hydrogen-bond acceptors (Lipinski definition) is 5. The largest absolute Gasteiger partial charge is 0.467 e. The van der Waals surface area contributed by atoms with Crippen molar-refractivity contribution in [2.45, 2.75) is 52.7 Å². The van der Waals surface area contributed by atoms with E-state index in [0.29, 0.717) is 17.8 Å². The number of carbonyl (C=O) groups excluding carboxylic acids is 2. The quantitative estimate of drug-likeness (QED) is 0.832. The number of benzene rings is 1. The molecule has 0 saturated carbocycles. The molecule has 6 heteroatoms. The normalized spacial score (nSPS) is 17.3. The zero-order valence-corrected chi connectivity index (χ0v) is 15.7. The molecule has 1 aromatic rings. The number of hydrogen-bond donors (Lipinski definition) is 1. The van der Waals surface area contributed by atoms with Crippen LogP contribution in [0.25, 0.3) is 5.70 Å². The number of anilines is 1. The summed E-state index contributed by atoms with van der Waals surface area (Å²) in [7, 11) is 1.31. The first kappa shape index (κ1) is 18.8. The molecular weight excluding hydrogens is 320 g/mol. The number of esters is 1. The Hall–Kier alpha value is -2.50. The SMILES string of the molecule is CC=C(N)c1cc(C)c2c(c1)N(C(=O)OC(C)(C)C)[C@H](C(=O)OC)C2. The molecule has 1 aliphatic heterocycles. The minimum atomic E-state index is -0.740. The standard InChI is InChI=1S/C19H26N2O4/c1-7-14(20)12-8-11(2)13-10-16(17(22)24-6)21(15(13)9-12)18(23)25-19(3,4)5/h7-9,16H,10,20H2,1-6H3/t16-/m0/s1. The first-order valence-electron chi connectivity index (χ1n) is 8.24. The van der Waals surface area contributed by atoms with E-state index in [1.807, 2.05) is 26.0 Å². The summed E-state index contributed by atoms with van der Waals surface area (Å²) in [6, 6.07) is 3.04. The van der Waals surface area contributed by atoms with Crippen LogP contribution in [0.2, 0.25) is 0 Å². The van der Waals surface area contributed by atoms with Crippen molar-refractivity contribution in [2.24, 2.45) is 5.73 Å². The van der Waals surface area contributed by atoms with Crippen LogP contribution in [0.1, 0.15) is 44.4 Å². The number of ether oxygens (including phenoxy) is 2. The first-order valence-corrected chi connectivity index (χ1v) is 8.24. The number of fused-ring (bicyclic) bond motifs is 1. The minimum absolute atomic E-state index is 0.392. The van der Waals surface area contributed by atoms with Gasteiger partial charge in [-0.2, -0.15) is 0 Å². The van der Waals surface area contributed by atoms with E-state index < -0.39 is 23.7 Å². The van der Waals surface area contributed by atoms with Crippen molar-refractivity contribution in [3.05, 3.63) is 34.9 Å². The van der Waals surface area contributed by atoms with Crippen LogP contribution in [0.4, 0.5) is 10.5 Å². The van der Waals surface area contributed by atoms with Crippen molar-refractivity contribution < 1.29 is 19.1 Å². The van der Waals surface area contributed by atoms with Crippen LogP contribution in [-0.2, 0) is 20.7 Å². The first-order chi connectivity index (χ1) is 11.6. The highest BCUT2D eigenvalue weighted by atomic mass is 16.6. The molecular formula is C19H26N2O4. The highest BCUT2D eigenvalue weighted by molar-refractivity contribution is 6.00. The maximum absolute atomic E-state index is 12.8. The summed E-state index contributed by atoms with van der Waals surface area (Å²) in [6.45, 7) is 9.15. The summed E-state index contributed by atoms with van der Waals surface area (Å²) >= 11 is 0. The monoisotopic (exact) mass is 346 g/mol. The Morgan fingerprint density at radius 2 is 1.96 bits per heavy atom. The average molecular weight is 346 g/mol. The van der Waals surface area contributed by atoms with Gasteiger partial charge in [-0.3, -0.25) is 4.90 Å². The van der Waals surface area contributed by atoms with E-state index in [2.05, 4.69) is 0 Å². The fourth-order valence-corrected chi connectivity index (χ4v) is 2.93. The summed E-state index contributed by atoms with van der Waals surface area (Å²) in [5.74, 6) is -0.470. The van der Waals surface area contributed by atoms with Crippen LogP contribution in [0, 0.1) is 6.92 Å². The molecule has 1 aromatic carbocycles. The van der Waals surface area contributed by atoms with Gasteiger partial charge in [0, 0.05) is 12.1 Å². The molecule has 1 amide bonds. The summed E-state index contributed by atoms with van der Waals surface area (Å²) < 4.78 is 10.4. The molecule has 1 heterocycles. The molecule has 0 fully saturated rings. The number of nitrogens with two attached hydrogens (primary N) is 1. The molecule has 0 aliphatic carbocycles. The Balaban J connectivity index is 2.56. The summed E-state index contributed by atoms with van der Waals surface area (Å²) in [6.07, 6.45) is 1.62. The van der Waals surface area contributed by atoms with Gasteiger partial charge in [0.1, 0.15) is 11.6 Å².